The highest BCUT2D eigenvalue weighted by atomic mass is 16.6. The number of nitrogens with one attached hydrogen (secondary N) is 1. The molecule has 0 saturated carbocycles. The van der Waals surface area contributed by atoms with E-state index in [1.165, 1.54) is 12.1 Å². The quantitative estimate of drug-likeness (QED) is 0.500. The minimum Gasteiger partial charge on any atom is -0.508 e. The fourth-order valence-electron chi connectivity index (χ4n) is 2.22. The first-order chi connectivity index (χ1) is 10.5. The molecule has 2 aromatic rings. The molecule has 0 saturated heterocycles. The van der Waals surface area contributed by atoms with Crippen molar-refractivity contribution < 1.29 is 24.5 Å². The highest BCUT2D eigenvalue weighted by molar-refractivity contribution is 6.04. The molecule has 0 amide bonds. The Balaban J connectivity index is 2.40. The Morgan fingerprint density at radius 2 is 1.96 bits per heavy atom. The molecule has 0 radical (unpaired) electrons. The number of benzene rings is 1. The van der Waals surface area contributed by atoms with E-state index in [1.807, 2.05) is 0 Å². The molecule has 7 heteroatoms. The molecular formula is C16H20N2O5. The lowest BCUT2D eigenvalue weighted by molar-refractivity contribution is -0.169. The van der Waals surface area contributed by atoms with Crippen LogP contribution < -0.4 is 5.73 Å². The SMILES string of the molecule is CC(C)(C)OC(=O)[C@@](N)(Cc1c[nH]c2ccc(O)cc12)C(=O)O. The zero-order valence-corrected chi connectivity index (χ0v) is 13.2. The summed E-state index contributed by atoms with van der Waals surface area (Å²) in [6.45, 7) is 4.91. The minimum atomic E-state index is -2.21. The molecule has 5 N–H and O–H groups in total. The van der Waals surface area contributed by atoms with Crippen LogP contribution in [0.3, 0.4) is 0 Å². The van der Waals surface area contributed by atoms with Crippen LogP contribution in [0.15, 0.2) is 24.4 Å². The number of aromatic hydroxyl groups is 1. The van der Waals surface area contributed by atoms with Crippen LogP contribution in [0.4, 0.5) is 0 Å². The lowest BCUT2D eigenvalue weighted by atomic mass is 9.91. The monoisotopic (exact) mass is 320 g/mol. The van der Waals surface area contributed by atoms with E-state index in [0.717, 1.165) is 0 Å². The number of nitrogens with two attached hydrogens (primary N) is 1. The van der Waals surface area contributed by atoms with Gasteiger partial charge in [-0.05, 0) is 44.5 Å². The number of aliphatic carboxylic acids is 1. The normalized spacial score (nSPS) is 14.4. The van der Waals surface area contributed by atoms with Gasteiger partial charge in [0.25, 0.3) is 0 Å². The molecule has 23 heavy (non-hydrogen) atoms. The van der Waals surface area contributed by atoms with Gasteiger partial charge < -0.3 is 25.7 Å². The second-order valence-corrected chi connectivity index (χ2v) is 6.50. The van der Waals surface area contributed by atoms with Gasteiger partial charge in [0.05, 0.1) is 0 Å². The molecule has 0 aliphatic rings. The summed E-state index contributed by atoms with van der Waals surface area (Å²) in [5, 5.41) is 19.6. The zero-order valence-electron chi connectivity index (χ0n) is 13.2. The van der Waals surface area contributed by atoms with Crippen molar-refractivity contribution in [1.29, 1.82) is 0 Å². The van der Waals surface area contributed by atoms with Crippen molar-refractivity contribution in [2.24, 2.45) is 5.73 Å². The number of phenols is 1. The minimum absolute atomic E-state index is 0.0357. The van der Waals surface area contributed by atoms with Crippen LogP contribution in [0.1, 0.15) is 26.3 Å². The van der Waals surface area contributed by atoms with Crippen molar-refractivity contribution in [3.8, 4) is 5.75 Å². The molecule has 0 aliphatic carbocycles. The molecule has 7 nitrogen and oxygen atoms in total. The van der Waals surface area contributed by atoms with Crippen LogP contribution >= 0.6 is 0 Å². The maximum atomic E-state index is 12.3. The number of fused-ring (bicyclic) bond motifs is 1. The summed E-state index contributed by atoms with van der Waals surface area (Å²) in [5.41, 5.74) is 4.00. The maximum absolute atomic E-state index is 12.3. The van der Waals surface area contributed by atoms with Gasteiger partial charge in [0, 0.05) is 23.5 Å². The number of aromatic nitrogens is 1. The van der Waals surface area contributed by atoms with Crippen LogP contribution in [0, 0.1) is 0 Å². The van der Waals surface area contributed by atoms with Gasteiger partial charge in [-0.3, -0.25) is 0 Å². The largest absolute Gasteiger partial charge is 0.508 e. The van der Waals surface area contributed by atoms with Crippen molar-refractivity contribution in [3.63, 3.8) is 0 Å². The third kappa shape index (κ3) is 3.45. The molecule has 0 spiro atoms. The van der Waals surface area contributed by atoms with Gasteiger partial charge in [0.1, 0.15) is 11.4 Å². The lowest BCUT2D eigenvalue weighted by Crippen LogP contribution is -2.58. The molecule has 0 fully saturated rings. The number of rotatable bonds is 4. The highest BCUT2D eigenvalue weighted by Crippen LogP contribution is 2.26. The molecule has 0 unspecified atom stereocenters. The number of esters is 1. The molecule has 0 bridgehead atoms. The average molecular weight is 320 g/mol. The van der Waals surface area contributed by atoms with Gasteiger partial charge in [-0.1, -0.05) is 0 Å². The van der Waals surface area contributed by atoms with Crippen LogP contribution in [0.2, 0.25) is 0 Å². The topological polar surface area (TPSA) is 126 Å². The molecule has 1 atom stereocenters. The fourth-order valence-corrected chi connectivity index (χ4v) is 2.22. The van der Waals surface area contributed by atoms with Crippen LogP contribution in [0.25, 0.3) is 10.9 Å². The molecule has 124 valence electrons. The van der Waals surface area contributed by atoms with E-state index in [-0.39, 0.29) is 12.2 Å². The standard InChI is InChI=1S/C16H20N2O5/c1-15(2,3)23-14(22)16(17,13(20)21)7-9-8-18-12-5-4-10(19)6-11(9)12/h4-6,8,18-19H,7,17H2,1-3H3,(H,20,21)/t16-/m1/s1. The molecule has 0 aliphatic heterocycles. The molecule has 1 aromatic carbocycles. The van der Waals surface area contributed by atoms with Crippen LogP contribution in [-0.2, 0) is 20.7 Å². The second-order valence-electron chi connectivity index (χ2n) is 6.50. The van der Waals surface area contributed by atoms with E-state index in [0.29, 0.717) is 16.5 Å². The fraction of sp³-hybridized carbons (Fsp3) is 0.375. The van der Waals surface area contributed by atoms with Crippen molar-refractivity contribution in [2.75, 3.05) is 0 Å². The number of phenolic OH excluding ortho intramolecular Hbond substituents is 1. The molecule has 1 aromatic heterocycles. The number of carbonyl (C=O) groups is 2. The summed E-state index contributed by atoms with van der Waals surface area (Å²) in [7, 11) is 0. The predicted molar refractivity (Wildman–Crippen MR) is 84.1 cm³/mol. The van der Waals surface area contributed by atoms with Crippen molar-refractivity contribution in [2.45, 2.75) is 38.3 Å². The summed E-state index contributed by atoms with van der Waals surface area (Å²) in [6, 6.07) is 4.64. The number of aromatic amines is 1. The Morgan fingerprint density at radius 1 is 1.30 bits per heavy atom. The highest BCUT2D eigenvalue weighted by Gasteiger charge is 2.46. The van der Waals surface area contributed by atoms with Crippen LogP contribution in [0.5, 0.6) is 5.75 Å². The number of ether oxygens (including phenoxy) is 1. The van der Waals surface area contributed by atoms with Crippen molar-refractivity contribution in [3.05, 3.63) is 30.0 Å². The summed E-state index contributed by atoms with van der Waals surface area (Å²) in [5.74, 6) is -2.44. The van der Waals surface area contributed by atoms with E-state index in [4.69, 9.17) is 10.5 Å². The summed E-state index contributed by atoms with van der Waals surface area (Å²) < 4.78 is 5.14. The lowest BCUT2D eigenvalue weighted by Gasteiger charge is -2.28. The van der Waals surface area contributed by atoms with Crippen LogP contribution in [-0.4, -0.2) is 38.3 Å². The van der Waals surface area contributed by atoms with Gasteiger partial charge in [-0.15, -0.1) is 0 Å². The average Bonchev–Trinajstić information content (AvgIpc) is 2.78. The number of carbonyl (C=O) groups excluding carboxylic acids is 1. The van der Waals surface area contributed by atoms with E-state index in [9.17, 15) is 19.8 Å². The number of hydrogen-bond donors (Lipinski definition) is 4. The molecular weight excluding hydrogens is 300 g/mol. The summed E-state index contributed by atoms with van der Waals surface area (Å²) >= 11 is 0. The Hall–Kier alpha value is -2.54. The predicted octanol–water partition coefficient (Wildman–Crippen LogP) is 1.54. The maximum Gasteiger partial charge on any atom is 0.338 e. The number of carboxylic acid groups (broad SMARTS) is 1. The van der Waals surface area contributed by atoms with Gasteiger partial charge in [-0.25, -0.2) is 9.59 Å². The van der Waals surface area contributed by atoms with Crippen molar-refractivity contribution in [1.82, 2.24) is 4.98 Å². The second kappa shape index (κ2) is 5.58. The van der Waals surface area contributed by atoms with Crippen molar-refractivity contribution >= 4 is 22.8 Å². The van der Waals surface area contributed by atoms with Gasteiger partial charge in [-0.2, -0.15) is 0 Å². The first kappa shape index (κ1) is 16.8. The van der Waals surface area contributed by atoms with E-state index >= 15 is 0 Å². The third-order valence-corrected chi connectivity index (χ3v) is 3.37. The Bertz CT molecular complexity index is 759. The first-order valence-corrected chi connectivity index (χ1v) is 7.07. The smallest absolute Gasteiger partial charge is 0.338 e. The third-order valence-electron chi connectivity index (χ3n) is 3.37. The first-order valence-electron chi connectivity index (χ1n) is 7.07. The number of carboxylic acids is 1. The number of H-pyrrole nitrogens is 1. The van der Waals surface area contributed by atoms with Gasteiger partial charge in [0.2, 0.25) is 5.54 Å². The van der Waals surface area contributed by atoms with Gasteiger partial charge >= 0.3 is 11.9 Å². The molecule has 2 rings (SSSR count). The van der Waals surface area contributed by atoms with E-state index in [1.54, 1.807) is 33.0 Å². The zero-order chi connectivity index (χ0) is 17.4. The Morgan fingerprint density at radius 3 is 2.52 bits per heavy atom. The van der Waals surface area contributed by atoms with E-state index < -0.39 is 23.1 Å². The summed E-state index contributed by atoms with van der Waals surface area (Å²) in [4.78, 5) is 26.8. The van der Waals surface area contributed by atoms with Gasteiger partial charge in [0.15, 0.2) is 0 Å². The molecule has 1 heterocycles. The Labute approximate surface area is 133 Å². The number of hydrogen-bond acceptors (Lipinski definition) is 5. The Kier molecular flexibility index (Phi) is 4.08. The summed E-state index contributed by atoms with van der Waals surface area (Å²) in [6.07, 6.45) is 1.31. The van der Waals surface area contributed by atoms with E-state index in [2.05, 4.69) is 4.98 Å².